The van der Waals surface area contributed by atoms with Crippen molar-refractivity contribution in [3.05, 3.63) is 65.0 Å². The fourth-order valence-corrected chi connectivity index (χ4v) is 5.87. The highest BCUT2D eigenvalue weighted by Crippen LogP contribution is 2.41. The Morgan fingerprint density at radius 2 is 1.91 bits per heavy atom. The van der Waals surface area contributed by atoms with Crippen molar-refractivity contribution >= 4 is 23.6 Å². The number of halogens is 1. The van der Waals surface area contributed by atoms with E-state index in [0.29, 0.717) is 18.7 Å². The van der Waals surface area contributed by atoms with Gasteiger partial charge in [-0.25, -0.2) is 4.39 Å². The van der Waals surface area contributed by atoms with Gasteiger partial charge in [0.1, 0.15) is 11.6 Å². The molecule has 0 spiro atoms. The van der Waals surface area contributed by atoms with Gasteiger partial charge in [-0.3, -0.25) is 9.59 Å². The first-order valence-electron chi connectivity index (χ1n) is 12.3. The molecule has 0 bridgehead atoms. The number of fused-ring (bicyclic) bond motifs is 1. The van der Waals surface area contributed by atoms with Crippen molar-refractivity contribution in [2.75, 3.05) is 31.1 Å². The predicted octanol–water partition coefficient (Wildman–Crippen LogP) is 4.44. The number of ether oxygens (including phenoxy) is 1. The summed E-state index contributed by atoms with van der Waals surface area (Å²) < 4.78 is 20.4. The van der Waals surface area contributed by atoms with Crippen molar-refractivity contribution in [2.24, 2.45) is 5.92 Å². The maximum Gasteiger partial charge on any atom is 0.263 e. The number of hydrogen-bond acceptors (Lipinski definition) is 4. The van der Waals surface area contributed by atoms with Gasteiger partial charge in [0.25, 0.3) is 5.91 Å². The second-order valence-electron chi connectivity index (χ2n) is 9.33. The van der Waals surface area contributed by atoms with Crippen LogP contribution in [0.15, 0.2) is 42.5 Å². The molecule has 0 radical (unpaired) electrons. The van der Waals surface area contributed by atoms with E-state index >= 15 is 0 Å². The van der Waals surface area contributed by atoms with Crippen LogP contribution in [0.4, 0.5) is 4.39 Å². The molecule has 1 saturated heterocycles. The van der Waals surface area contributed by atoms with Gasteiger partial charge in [-0.15, -0.1) is 0 Å². The first-order chi connectivity index (χ1) is 16.5. The summed E-state index contributed by atoms with van der Waals surface area (Å²) in [4.78, 5) is 30.0. The third kappa shape index (κ3) is 4.81. The molecule has 0 unspecified atom stereocenters. The summed E-state index contributed by atoms with van der Waals surface area (Å²) in [5.41, 5.74) is 2.86. The quantitative estimate of drug-likeness (QED) is 0.611. The number of amides is 2. The first-order valence-corrected chi connectivity index (χ1v) is 13.4. The average Bonchev–Trinajstić information content (AvgIpc) is 3.72. The molecular weight excluding hydrogens is 451 g/mol. The SMILES string of the molecule is CC[C@H](Oc1ccc2c(c1)[C@H](c1cccc(F)c1)N(C(=O)C1CC1)CC2)C(=O)N1CCSCC1. The Bertz CT molecular complexity index is 1070. The lowest BCUT2D eigenvalue weighted by Gasteiger charge is -2.38. The molecule has 1 aliphatic carbocycles. The minimum absolute atomic E-state index is 0.0349. The van der Waals surface area contributed by atoms with Crippen LogP contribution in [0.2, 0.25) is 0 Å². The Balaban J connectivity index is 1.45. The van der Waals surface area contributed by atoms with Crippen molar-refractivity contribution in [3.63, 3.8) is 0 Å². The zero-order valence-corrected chi connectivity index (χ0v) is 20.4. The molecule has 2 amide bonds. The standard InChI is InChI=1S/C27H31FN2O3S/c1-2-24(27(32)29-12-14-34-15-13-29)33-22-9-8-18-10-11-30(26(31)19-6-7-19)25(23(18)17-22)20-4-3-5-21(28)16-20/h3-5,8-9,16-17,19,24-25H,2,6-7,10-15H2,1H3/t24-,25-/m0/s1. The fourth-order valence-electron chi connectivity index (χ4n) is 4.96. The summed E-state index contributed by atoms with van der Waals surface area (Å²) in [5, 5.41) is 0. The molecule has 34 heavy (non-hydrogen) atoms. The number of carbonyl (C=O) groups is 2. The van der Waals surface area contributed by atoms with Crippen LogP contribution in [0.3, 0.4) is 0 Å². The summed E-state index contributed by atoms with van der Waals surface area (Å²) in [7, 11) is 0. The van der Waals surface area contributed by atoms with Gasteiger partial charge in [0.15, 0.2) is 6.10 Å². The second kappa shape index (κ2) is 9.98. The molecule has 7 heteroatoms. The molecule has 0 aromatic heterocycles. The normalized spacial score (nSPS) is 21.1. The zero-order valence-electron chi connectivity index (χ0n) is 19.5. The zero-order chi connectivity index (χ0) is 23.7. The largest absolute Gasteiger partial charge is 0.481 e. The van der Waals surface area contributed by atoms with Crippen LogP contribution in [-0.2, 0) is 16.0 Å². The number of hydrogen-bond donors (Lipinski definition) is 0. The Labute approximate surface area is 204 Å². The van der Waals surface area contributed by atoms with Gasteiger partial charge in [-0.05, 0) is 66.6 Å². The van der Waals surface area contributed by atoms with Gasteiger partial charge in [-0.2, -0.15) is 11.8 Å². The number of nitrogens with zero attached hydrogens (tertiary/aromatic N) is 2. The lowest BCUT2D eigenvalue weighted by molar-refractivity contribution is -0.138. The van der Waals surface area contributed by atoms with Crippen LogP contribution >= 0.6 is 11.8 Å². The average molecular weight is 483 g/mol. The summed E-state index contributed by atoms with van der Waals surface area (Å²) in [5.74, 6) is 2.49. The van der Waals surface area contributed by atoms with E-state index in [1.807, 2.05) is 52.8 Å². The Hall–Kier alpha value is -2.54. The number of carbonyl (C=O) groups excluding carboxylic acids is 2. The van der Waals surface area contributed by atoms with Crippen LogP contribution < -0.4 is 4.74 Å². The minimum atomic E-state index is -0.540. The van der Waals surface area contributed by atoms with E-state index in [9.17, 15) is 14.0 Å². The third-order valence-electron chi connectivity index (χ3n) is 6.97. The van der Waals surface area contributed by atoms with E-state index < -0.39 is 6.10 Å². The number of rotatable bonds is 6. The molecule has 180 valence electrons. The van der Waals surface area contributed by atoms with E-state index in [2.05, 4.69) is 0 Å². The maximum absolute atomic E-state index is 14.2. The van der Waals surface area contributed by atoms with Crippen molar-refractivity contribution in [3.8, 4) is 5.75 Å². The maximum atomic E-state index is 14.2. The summed E-state index contributed by atoms with van der Waals surface area (Å²) in [6.07, 6.45) is 2.65. The van der Waals surface area contributed by atoms with Crippen LogP contribution in [0.1, 0.15) is 48.9 Å². The monoisotopic (exact) mass is 482 g/mol. The van der Waals surface area contributed by atoms with Gasteiger partial charge in [0.2, 0.25) is 5.91 Å². The Kier molecular flexibility index (Phi) is 6.82. The van der Waals surface area contributed by atoms with Crippen LogP contribution in [0.5, 0.6) is 5.75 Å². The summed E-state index contributed by atoms with van der Waals surface area (Å²) >= 11 is 1.87. The number of thioether (sulfide) groups is 1. The van der Waals surface area contributed by atoms with Gasteiger partial charge in [0, 0.05) is 37.1 Å². The molecule has 2 heterocycles. The number of benzene rings is 2. The van der Waals surface area contributed by atoms with E-state index in [4.69, 9.17) is 4.74 Å². The van der Waals surface area contributed by atoms with Gasteiger partial charge in [0.05, 0.1) is 6.04 Å². The smallest absolute Gasteiger partial charge is 0.263 e. The van der Waals surface area contributed by atoms with Gasteiger partial charge in [-0.1, -0.05) is 25.1 Å². The van der Waals surface area contributed by atoms with E-state index in [0.717, 1.165) is 60.5 Å². The molecule has 2 aromatic carbocycles. The molecule has 5 rings (SSSR count). The molecule has 2 aliphatic heterocycles. The van der Waals surface area contributed by atoms with E-state index in [-0.39, 0.29) is 29.6 Å². The minimum Gasteiger partial charge on any atom is -0.481 e. The van der Waals surface area contributed by atoms with E-state index in [1.54, 1.807) is 6.07 Å². The van der Waals surface area contributed by atoms with E-state index in [1.165, 1.54) is 12.1 Å². The summed E-state index contributed by atoms with van der Waals surface area (Å²) in [6.45, 7) is 4.10. The van der Waals surface area contributed by atoms with Crippen molar-refractivity contribution in [2.45, 2.75) is 44.8 Å². The molecule has 5 nitrogen and oxygen atoms in total. The molecule has 3 aliphatic rings. The highest BCUT2D eigenvalue weighted by Gasteiger charge is 2.40. The summed E-state index contributed by atoms with van der Waals surface area (Å²) in [6, 6.07) is 12.1. The van der Waals surface area contributed by atoms with Crippen molar-refractivity contribution in [1.82, 2.24) is 9.80 Å². The molecular formula is C27H31FN2O3S. The lowest BCUT2D eigenvalue weighted by Crippen LogP contribution is -2.45. The van der Waals surface area contributed by atoms with Gasteiger partial charge < -0.3 is 14.5 Å². The second-order valence-corrected chi connectivity index (χ2v) is 10.6. The molecule has 0 N–H and O–H groups in total. The van der Waals surface area contributed by atoms with Crippen LogP contribution in [-0.4, -0.2) is 58.9 Å². The highest BCUT2D eigenvalue weighted by atomic mass is 32.2. The predicted molar refractivity (Wildman–Crippen MR) is 131 cm³/mol. The van der Waals surface area contributed by atoms with Crippen molar-refractivity contribution < 1.29 is 18.7 Å². The Morgan fingerprint density at radius 1 is 1.12 bits per heavy atom. The topological polar surface area (TPSA) is 49.9 Å². The fraction of sp³-hybridized carbons (Fsp3) is 0.481. The molecule has 2 atom stereocenters. The van der Waals surface area contributed by atoms with Crippen molar-refractivity contribution in [1.29, 1.82) is 0 Å². The molecule has 2 aromatic rings. The van der Waals surface area contributed by atoms with Crippen LogP contribution in [0, 0.1) is 11.7 Å². The lowest BCUT2D eigenvalue weighted by atomic mass is 9.87. The third-order valence-corrected chi connectivity index (χ3v) is 7.91. The molecule has 2 fully saturated rings. The Morgan fingerprint density at radius 3 is 2.62 bits per heavy atom. The molecule has 1 saturated carbocycles. The first kappa shape index (κ1) is 23.2. The highest BCUT2D eigenvalue weighted by molar-refractivity contribution is 7.99. The van der Waals surface area contributed by atoms with Gasteiger partial charge >= 0.3 is 0 Å². The van der Waals surface area contributed by atoms with Crippen LogP contribution in [0.25, 0.3) is 0 Å².